The Bertz CT molecular complexity index is 642. The number of carbonyl (C=O) groups is 1. The molecule has 0 bridgehead atoms. The molecule has 2 aromatic carbocycles. The fourth-order valence-corrected chi connectivity index (χ4v) is 2.53. The van der Waals surface area contributed by atoms with E-state index in [1.165, 1.54) is 12.7 Å². The molecule has 0 saturated carbocycles. The number of para-hydroxylation sites is 2. The summed E-state index contributed by atoms with van der Waals surface area (Å²) in [6, 6.07) is 17.6. The van der Waals surface area contributed by atoms with Gasteiger partial charge >= 0.3 is 5.97 Å². The molecule has 4 heteroatoms. The van der Waals surface area contributed by atoms with E-state index in [1.807, 2.05) is 49.4 Å². The molecular formula is C19H23NO3. The van der Waals surface area contributed by atoms with Crippen molar-refractivity contribution in [3.63, 3.8) is 0 Å². The van der Waals surface area contributed by atoms with E-state index in [2.05, 4.69) is 17.4 Å². The summed E-state index contributed by atoms with van der Waals surface area (Å²) in [5.74, 6) is 0.404. The maximum atomic E-state index is 12.3. The summed E-state index contributed by atoms with van der Waals surface area (Å²) in [4.78, 5) is 12.3. The van der Waals surface area contributed by atoms with E-state index in [0.717, 1.165) is 12.1 Å². The second kappa shape index (κ2) is 7.68. The molecule has 2 rings (SSSR count). The highest BCUT2D eigenvalue weighted by molar-refractivity contribution is 5.84. The van der Waals surface area contributed by atoms with Crippen LogP contribution in [0, 0.1) is 0 Å². The molecule has 1 atom stereocenters. The van der Waals surface area contributed by atoms with Gasteiger partial charge < -0.3 is 14.8 Å². The monoisotopic (exact) mass is 313 g/mol. The zero-order chi connectivity index (χ0) is 16.7. The van der Waals surface area contributed by atoms with Crippen LogP contribution in [0.5, 0.6) is 5.75 Å². The van der Waals surface area contributed by atoms with E-state index in [0.29, 0.717) is 12.2 Å². The Labute approximate surface area is 137 Å². The zero-order valence-electron chi connectivity index (χ0n) is 13.8. The molecule has 0 aliphatic rings. The second-order valence-electron chi connectivity index (χ2n) is 5.63. The minimum atomic E-state index is -0.834. The van der Waals surface area contributed by atoms with Crippen LogP contribution in [-0.4, -0.2) is 25.7 Å². The van der Waals surface area contributed by atoms with Gasteiger partial charge in [-0.1, -0.05) is 42.5 Å². The fourth-order valence-electron chi connectivity index (χ4n) is 2.53. The average Bonchev–Trinajstić information content (AvgIpc) is 2.60. The van der Waals surface area contributed by atoms with Crippen LogP contribution in [0.2, 0.25) is 0 Å². The third kappa shape index (κ3) is 4.25. The number of methoxy groups -OCH3 is 2. The summed E-state index contributed by atoms with van der Waals surface area (Å²) in [7, 11) is 3.02. The lowest BCUT2D eigenvalue weighted by Crippen LogP contribution is -2.44. The SMILES string of the molecule is COC(=O)[C@@](C)(CCc1ccccc1)Nc1ccccc1OC. The van der Waals surface area contributed by atoms with Gasteiger partial charge in [0.15, 0.2) is 0 Å². The Balaban J connectivity index is 2.19. The van der Waals surface area contributed by atoms with Gasteiger partial charge in [-0.05, 0) is 37.5 Å². The topological polar surface area (TPSA) is 47.6 Å². The van der Waals surface area contributed by atoms with E-state index in [9.17, 15) is 4.79 Å². The standard InChI is InChI=1S/C19H23NO3/c1-19(18(21)23-3,14-13-15-9-5-4-6-10-15)20-16-11-7-8-12-17(16)22-2/h4-12,20H,13-14H2,1-3H3/t19-/m1/s1. The van der Waals surface area contributed by atoms with Gasteiger partial charge in [0.2, 0.25) is 0 Å². The predicted octanol–water partition coefficient (Wildman–Crippen LogP) is 3.67. The van der Waals surface area contributed by atoms with Crippen molar-refractivity contribution in [2.24, 2.45) is 0 Å². The van der Waals surface area contributed by atoms with Crippen molar-refractivity contribution in [1.82, 2.24) is 0 Å². The number of rotatable bonds is 7. The minimum Gasteiger partial charge on any atom is -0.495 e. The molecular weight excluding hydrogens is 290 g/mol. The van der Waals surface area contributed by atoms with Gasteiger partial charge in [0.1, 0.15) is 11.3 Å². The predicted molar refractivity (Wildman–Crippen MR) is 91.8 cm³/mol. The number of carbonyl (C=O) groups excluding carboxylic acids is 1. The molecule has 0 aliphatic heterocycles. The maximum Gasteiger partial charge on any atom is 0.331 e. The molecule has 0 heterocycles. The van der Waals surface area contributed by atoms with Crippen molar-refractivity contribution in [3.8, 4) is 5.75 Å². The first kappa shape index (κ1) is 16.9. The first-order valence-electron chi connectivity index (χ1n) is 7.62. The Kier molecular flexibility index (Phi) is 5.63. The summed E-state index contributed by atoms with van der Waals surface area (Å²) in [6.07, 6.45) is 1.39. The largest absolute Gasteiger partial charge is 0.495 e. The second-order valence-corrected chi connectivity index (χ2v) is 5.63. The average molecular weight is 313 g/mol. The van der Waals surface area contributed by atoms with Crippen molar-refractivity contribution in [2.45, 2.75) is 25.3 Å². The van der Waals surface area contributed by atoms with E-state index < -0.39 is 5.54 Å². The van der Waals surface area contributed by atoms with Crippen LogP contribution in [0.4, 0.5) is 5.69 Å². The summed E-state index contributed by atoms with van der Waals surface area (Å²) in [5, 5.41) is 3.30. The van der Waals surface area contributed by atoms with E-state index in [1.54, 1.807) is 7.11 Å². The van der Waals surface area contributed by atoms with Crippen molar-refractivity contribution in [2.75, 3.05) is 19.5 Å². The summed E-state index contributed by atoms with van der Waals surface area (Å²) in [5.41, 5.74) is 1.12. The minimum absolute atomic E-state index is 0.292. The lowest BCUT2D eigenvalue weighted by molar-refractivity contribution is -0.145. The van der Waals surface area contributed by atoms with Gasteiger partial charge in [0.05, 0.1) is 19.9 Å². The summed E-state index contributed by atoms with van der Waals surface area (Å²) >= 11 is 0. The summed E-state index contributed by atoms with van der Waals surface area (Å²) in [6.45, 7) is 1.86. The number of ether oxygens (including phenoxy) is 2. The molecule has 4 nitrogen and oxygen atoms in total. The number of aryl methyl sites for hydroxylation is 1. The van der Waals surface area contributed by atoms with Crippen LogP contribution < -0.4 is 10.1 Å². The summed E-state index contributed by atoms with van der Waals surface area (Å²) < 4.78 is 10.4. The van der Waals surface area contributed by atoms with Gasteiger partial charge in [-0.15, -0.1) is 0 Å². The van der Waals surface area contributed by atoms with Crippen LogP contribution in [0.15, 0.2) is 54.6 Å². The van der Waals surface area contributed by atoms with Crippen molar-refractivity contribution < 1.29 is 14.3 Å². The van der Waals surface area contributed by atoms with Gasteiger partial charge in [-0.25, -0.2) is 4.79 Å². The number of anilines is 1. The van der Waals surface area contributed by atoms with Crippen LogP contribution in [0.1, 0.15) is 18.9 Å². The molecule has 0 amide bonds. The molecule has 0 aliphatic carbocycles. The van der Waals surface area contributed by atoms with Crippen LogP contribution >= 0.6 is 0 Å². The Hall–Kier alpha value is -2.49. The first-order valence-corrected chi connectivity index (χ1v) is 7.62. The van der Waals surface area contributed by atoms with Crippen LogP contribution in [0.25, 0.3) is 0 Å². The molecule has 0 saturated heterocycles. The highest BCUT2D eigenvalue weighted by Gasteiger charge is 2.34. The van der Waals surface area contributed by atoms with Gasteiger partial charge in [-0.2, -0.15) is 0 Å². The number of esters is 1. The molecule has 122 valence electrons. The molecule has 23 heavy (non-hydrogen) atoms. The molecule has 2 aromatic rings. The van der Waals surface area contributed by atoms with Crippen LogP contribution in [-0.2, 0) is 16.0 Å². The zero-order valence-corrected chi connectivity index (χ0v) is 13.8. The van der Waals surface area contributed by atoms with Gasteiger partial charge in [-0.3, -0.25) is 0 Å². The smallest absolute Gasteiger partial charge is 0.331 e. The quantitative estimate of drug-likeness (QED) is 0.792. The molecule has 0 radical (unpaired) electrons. The molecule has 0 spiro atoms. The Morgan fingerprint density at radius 3 is 2.35 bits per heavy atom. The maximum absolute atomic E-state index is 12.3. The van der Waals surface area contributed by atoms with E-state index >= 15 is 0 Å². The van der Waals surface area contributed by atoms with Crippen LogP contribution in [0.3, 0.4) is 0 Å². The van der Waals surface area contributed by atoms with Crippen molar-refractivity contribution in [3.05, 3.63) is 60.2 Å². The number of benzene rings is 2. The number of hydrogen-bond donors (Lipinski definition) is 1. The highest BCUT2D eigenvalue weighted by atomic mass is 16.5. The van der Waals surface area contributed by atoms with E-state index in [-0.39, 0.29) is 5.97 Å². The van der Waals surface area contributed by atoms with Gasteiger partial charge in [0.25, 0.3) is 0 Å². The van der Waals surface area contributed by atoms with Gasteiger partial charge in [0, 0.05) is 0 Å². The first-order chi connectivity index (χ1) is 11.1. The lowest BCUT2D eigenvalue weighted by atomic mass is 9.92. The molecule has 0 fully saturated rings. The highest BCUT2D eigenvalue weighted by Crippen LogP contribution is 2.29. The normalized spacial score (nSPS) is 13.0. The lowest BCUT2D eigenvalue weighted by Gasteiger charge is -2.30. The third-order valence-electron chi connectivity index (χ3n) is 3.91. The molecule has 1 N–H and O–H groups in total. The van der Waals surface area contributed by atoms with Crippen molar-refractivity contribution >= 4 is 11.7 Å². The van der Waals surface area contributed by atoms with Crippen molar-refractivity contribution in [1.29, 1.82) is 0 Å². The molecule has 0 unspecified atom stereocenters. The fraction of sp³-hybridized carbons (Fsp3) is 0.316. The number of nitrogens with one attached hydrogen (secondary N) is 1. The Morgan fingerprint density at radius 1 is 1.04 bits per heavy atom. The van der Waals surface area contributed by atoms with E-state index in [4.69, 9.17) is 9.47 Å². The molecule has 0 aromatic heterocycles. The number of hydrogen-bond acceptors (Lipinski definition) is 4. The third-order valence-corrected chi connectivity index (χ3v) is 3.91. The Morgan fingerprint density at radius 2 is 1.70 bits per heavy atom.